The highest BCUT2D eigenvalue weighted by Gasteiger charge is 2.24. The fourth-order valence-electron chi connectivity index (χ4n) is 1.69. The molecule has 0 saturated carbocycles. The Balaban J connectivity index is 2.91. The second kappa shape index (κ2) is 2.95. The van der Waals surface area contributed by atoms with Gasteiger partial charge in [0.05, 0.1) is 5.52 Å². The second-order valence-corrected chi connectivity index (χ2v) is 4.56. The van der Waals surface area contributed by atoms with Crippen LogP contribution in [0.4, 0.5) is 4.39 Å². The van der Waals surface area contributed by atoms with E-state index in [4.69, 9.17) is 4.42 Å². The normalized spacial score (nSPS) is 12.3. The van der Waals surface area contributed by atoms with Gasteiger partial charge in [-0.25, -0.2) is 9.18 Å². The Morgan fingerprint density at radius 3 is 2.60 bits per heavy atom. The van der Waals surface area contributed by atoms with Crippen molar-refractivity contribution in [3.63, 3.8) is 0 Å². The Morgan fingerprint density at radius 2 is 2.00 bits per heavy atom. The lowest BCUT2D eigenvalue weighted by Crippen LogP contribution is -2.13. The van der Waals surface area contributed by atoms with E-state index in [1.165, 1.54) is 12.1 Å². The minimum absolute atomic E-state index is 0.313. The van der Waals surface area contributed by atoms with Crippen LogP contribution in [0.15, 0.2) is 21.3 Å². The molecule has 1 aromatic heterocycles. The largest absolute Gasteiger partial charge is 0.417 e. The number of hydrogen-bond donors (Lipinski definition) is 1. The number of H-pyrrole nitrogens is 1. The lowest BCUT2D eigenvalue weighted by molar-refractivity contribution is 0.497. The first-order chi connectivity index (χ1) is 6.89. The zero-order valence-electron chi connectivity index (χ0n) is 8.85. The van der Waals surface area contributed by atoms with Gasteiger partial charge in [0, 0.05) is 5.56 Å². The number of aromatic amines is 1. The van der Waals surface area contributed by atoms with Gasteiger partial charge >= 0.3 is 5.76 Å². The van der Waals surface area contributed by atoms with E-state index in [0.29, 0.717) is 16.7 Å². The Kier molecular flexibility index (Phi) is 1.96. The monoisotopic (exact) mass is 209 g/mol. The molecule has 1 heterocycles. The summed E-state index contributed by atoms with van der Waals surface area (Å²) in [7, 11) is 0. The molecule has 80 valence electrons. The molecule has 0 aliphatic carbocycles. The molecule has 2 aromatic rings. The average molecular weight is 209 g/mol. The number of hydrogen-bond acceptors (Lipinski definition) is 2. The zero-order valence-corrected chi connectivity index (χ0v) is 8.85. The van der Waals surface area contributed by atoms with Crippen LogP contribution in [-0.4, -0.2) is 4.98 Å². The molecule has 0 amide bonds. The van der Waals surface area contributed by atoms with E-state index in [0.717, 1.165) is 0 Å². The first kappa shape index (κ1) is 9.96. The molecular weight excluding hydrogens is 197 g/mol. The summed E-state index contributed by atoms with van der Waals surface area (Å²) in [6.45, 7) is 5.62. The van der Waals surface area contributed by atoms with Gasteiger partial charge in [-0.3, -0.25) is 4.98 Å². The summed E-state index contributed by atoms with van der Waals surface area (Å²) in [4.78, 5) is 13.5. The van der Waals surface area contributed by atoms with E-state index in [1.54, 1.807) is 0 Å². The molecule has 0 atom stereocenters. The molecule has 0 unspecified atom stereocenters. The van der Waals surface area contributed by atoms with Gasteiger partial charge < -0.3 is 4.42 Å². The van der Waals surface area contributed by atoms with Crippen LogP contribution in [0.2, 0.25) is 0 Å². The minimum Gasteiger partial charge on any atom is -0.407 e. The molecule has 0 bridgehead atoms. The van der Waals surface area contributed by atoms with Gasteiger partial charge in [0.2, 0.25) is 0 Å². The van der Waals surface area contributed by atoms with Crippen LogP contribution < -0.4 is 5.76 Å². The van der Waals surface area contributed by atoms with Crippen molar-refractivity contribution in [2.24, 2.45) is 0 Å². The Bertz CT molecular complexity index is 560. The van der Waals surface area contributed by atoms with Crippen molar-refractivity contribution >= 4 is 11.1 Å². The quantitative estimate of drug-likeness (QED) is 0.724. The number of benzene rings is 1. The van der Waals surface area contributed by atoms with E-state index >= 15 is 0 Å². The number of oxazole rings is 1. The number of halogens is 1. The summed E-state index contributed by atoms with van der Waals surface area (Å²) in [5, 5.41) is 0. The van der Waals surface area contributed by atoms with E-state index < -0.39 is 11.2 Å². The van der Waals surface area contributed by atoms with Crippen LogP contribution in [0.1, 0.15) is 26.3 Å². The SMILES string of the molecule is CC(C)(C)c1c(F)ccc2[nH]c(=O)oc12. The van der Waals surface area contributed by atoms with E-state index in [9.17, 15) is 9.18 Å². The van der Waals surface area contributed by atoms with Gasteiger partial charge in [0.15, 0.2) is 5.58 Å². The van der Waals surface area contributed by atoms with Crippen molar-refractivity contribution in [2.45, 2.75) is 26.2 Å². The van der Waals surface area contributed by atoms with Gasteiger partial charge in [-0.1, -0.05) is 20.8 Å². The maximum Gasteiger partial charge on any atom is 0.417 e. The van der Waals surface area contributed by atoms with Gasteiger partial charge in [-0.05, 0) is 17.5 Å². The van der Waals surface area contributed by atoms with Crippen molar-refractivity contribution in [3.8, 4) is 0 Å². The van der Waals surface area contributed by atoms with Crippen LogP contribution >= 0.6 is 0 Å². The fourth-order valence-corrected chi connectivity index (χ4v) is 1.69. The maximum atomic E-state index is 13.6. The highest BCUT2D eigenvalue weighted by Crippen LogP contribution is 2.31. The highest BCUT2D eigenvalue weighted by atomic mass is 19.1. The lowest BCUT2D eigenvalue weighted by Gasteiger charge is -2.19. The Labute approximate surface area is 85.9 Å². The van der Waals surface area contributed by atoms with Crippen molar-refractivity contribution < 1.29 is 8.81 Å². The van der Waals surface area contributed by atoms with E-state index in [1.807, 2.05) is 20.8 Å². The Hall–Kier alpha value is -1.58. The average Bonchev–Trinajstić information content (AvgIpc) is 2.41. The van der Waals surface area contributed by atoms with Crippen LogP contribution in [-0.2, 0) is 5.41 Å². The van der Waals surface area contributed by atoms with E-state index in [-0.39, 0.29) is 5.82 Å². The number of rotatable bonds is 0. The lowest BCUT2D eigenvalue weighted by atomic mass is 9.86. The smallest absolute Gasteiger partial charge is 0.407 e. The molecule has 0 aliphatic heterocycles. The van der Waals surface area contributed by atoms with Crippen LogP contribution in [0, 0.1) is 5.82 Å². The van der Waals surface area contributed by atoms with Gasteiger partial charge in [-0.2, -0.15) is 0 Å². The molecule has 0 fully saturated rings. The zero-order chi connectivity index (χ0) is 11.2. The second-order valence-electron chi connectivity index (χ2n) is 4.56. The van der Waals surface area contributed by atoms with Gasteiger partial charge in [-0.15, -0.1) is 0 Å². The maximum absolute atomic E-state index is 13.6. The summed E-state index contributed by atoms with van der Waals surface area (Å²) < 4.78 is 18.6. The molecular formula is C11H12FNO2. The van der Waals surface area contributed by atoms with Crippen LogP contribution in [0.25, 0.3) is 11.1 Å². The van der Waals surface area contributed by atoms with Crippen molar-refractivity contribution in [3.05, 3.63) is 34.1 Å². The minimum atomic E-state index is -0.555. The third-order valence-electron chi connectivity index (χ3n) is 2.29. The predicted molar refractivity (Wildman–Crippen MR) is 55.5 cm³/mol. The van der Waals surface area contributed by atoms with E-state index in [2.05, 4.69) is 4.98 Å². The predicted octanol–water partition coefficient (Wildman–Crippen LogP) is 2.56. The molecule has 1 aromatic carbocycles. The topological polar surface area (TPSA) is 46.0 Å². The standard InChI is InChI=1S/C11H12FNO2/c1-11(2,3)8-6(12)4-5-7-9(8)15-10(14)13-7/h4-5H,1-3H3,(H,13,14). The summed E-state index contributed by atoms with van der Waals surface area (Å²) >= 11 is 0. The third-order valence-corrected chi connectivity index (χ3v) is 2.29. The molecule has 0 saturated heterocycles. The first-order valence-corrected chi connectivity index (χ1v) is 4.71. The summed E-state index contributed by atoms with van der Waals surface area (Å²) in [6, 6.07) is 2.85. The molecule has 15 heavy (non-hydrogen) atoms. The molecule has 0 radical (unpaired) electrons. The van der Waals surface area contributed by atoms with Crippen LogP contribution in [0.5, 0.6) is 0 Å². The third kappa shape index (κ3) is 1.56. The Morgan fingerprint density at radius 1 is 1.33 bits per heavy atom. The number of fused-ring (bicyclic) bond motifs is 1. The molecule has 4 heteroatoms. The highest BCUT2D eigenvalue weighted by molar-refractivity contribution is 5.77. The molecule has 0 aliphatic rings. The molecule has 1 N–H and O–H groups in total. The fraction of sp³-hybridized carbons (Fsp3) is 0.364. The van der Waals surface area contributed by atoms with Gasteiger partial charge in [0.25, 0.3) is 0 Å². The molecule has 3 nitrogen and oxygen atoms in total. The van der Waals surface area contributed by atoms with Crippen molar-refractivity contribution in [1.82, 2.24) is 4.98 Å². The molecule has 2 rings (SSSR count). The van der Waals surface area contributed by atoms with Crippen molar-refractivity contribution in [1.29, 1.82) is 0 Å². The summed E-state index contributed by atoms with van der Waals surface area (Å²) in [5.74, 6) is -0.904. The first-order valence-electron chi connectivity index (χ1n) is 4.71. The molecule has 0 spiro atoms. The number of aromatic nitrogens is 1. The van der Waals surface area contributed by atoms with Gasteiger partial charge in [0.1, 0.15) is 5.82 Å². The van der Waals surface area contributed by atoms with Crippen LogP contribution in [0.3, 0.4) is 0 Å². The summed E-state index contributed by atoms with van der Waals surface area (Å²) in [6.07, 6.45) is 0. The van der Waals surface area contributed by atoms with Crippen molar-refractivity contribution in [2.75, 3.05) is 0 Å². The number of nitrogens with one attached hydrogen (secondary N) is 1. The summed E-state index contributed by atoms with van der Waals surface area (Å²) in [5.41, 5.74) is 0.874.